The second-order valence-electron chi connectivity index (χ2n) is 4.26. The molecule has 1 aliphatic heterocycles. The first-order valence-corrected chi connectivity index (χ1v) is 5.21. The Bertz CT molecular complexity index is 189. The van der Waals surface area contributed by atoms with Crippen molar-refractivity contribution in [2.45, 2.75) is 26.3 Å². The van der Waals surface area contributed by atoms with Crippen LogP contribution in [0.4, 0.5) is 0 Å². The molecule has 4 nitrogen and oxygen atoms in total. The Morgan fingerprint density at radius 2 is 2.36 bits per heavy atom. The molecule has 1 aliphatic rings. The molecule has 14 heavy (non-hydrogen) atoms. The van der Waals surface area contributed by atoms with Crippen LogP contribution in [0.25, 0.3) is 0 Å². The summed E-state index contributed by atoms with van der Waals surface area (Å²) in [4.78, 5) is 11.1. The van der Waals surface area contributed by atoms with Crippen LogP contribution >= 0.6 is 0 Å². The predicted molar refractivity (Wildman–Crippen MR) is 54.7 cm³/mol. The molecule has 2 atom stereocenters. The molecule has 0 aliphatic carbocycles. The van der Waals surface area contributed by atoms with E-state index in [1.54, 1.807) is 0 Å². The minimum atomic E-state index is -0.265. The second kappa shape index (κ2) is 5.32. The topological polar surface area (TPSA) is 64.3 Å². The van der Waals surface area contributed by atoms with Gasteiger partial charge in [0.25, 0.3) is 0 Å². The minimum absolute atomic E-state index is 0.212. The number of carbonyl (C=O) groups excluding carboxylic acids is 1. The zero-order chi connectivity index (χ0) is 10.6. The number of amides is 1. The molecule has 2 unspecified atom stereocenters. The standard InChI is InChI=1S/C10H20N2O2/c1-7(2)9(10(11)13)12-5-8-3-4-14-6-8/h7-9,12H,3-6H2,1-2H3,(H2,11,13). The highest BCUT2D eigenvalue weighted by Crippen LogP contribution is 2.11. The monoisotopic (exact) mass is 200 g/mol. The van der Waals surface area contributed by atoms with Gasteiger partial charge in [-0.25, -0.2) is 0 Å². The second-order valence-corrected chi connectivity index (χ2v) is 4.26. The molecule has 0 aromatic heterocycles. The smallest absolute Gasteiger partial charge is 0.234 e. The molecule has 1 heterocycles. The van der Waals surface area contributed by atoms with Crippen LogP contribution in [-0.2, 0) is 9.53 Å². The van der Waals surface area contributed by atoms with Crippen LogP contribution in [-0.4, -0.2) is 31.7 Å². The summed E-state index contributed by atoms with van der Waals surface area (Å²) in [7, 11) is 0. The average molecular weight is 200 g/mol. The number of carbonyl (C=O) groups is 1. The Labute approximate surface area is 85.2 Å². The summed E-state index contributed by atoms with van der Waals surface area (Å²) in [6, 6.07) is -0.212. The third-order valence-corrected chi connectivity index (χ3v) is 2.62. The summed E-state index contributed by atoms with van der Waals surface area (Å²) in [6.45, 7) is 6.46. The Hall–Kier alpha value is -0.610. The maximum Gasteiger partial charge on any atom is 0.234 e. The lowest BCUT2D eigenvalue weighted by atomic mass is 10.0. The fourth-order valence-corrected chi connectivity index (χ4v) is 1.70. The van der Waals surface area contributed by atoms with E-state index in [2.05, 4.69) is 5.32 Å². The fourth-order valence-electron chi connectivity index (χ4n) is 1.70. The van der Waals surface area contributed by atoms with Gasteiger partial charge in [-0.2, -0.15) is 0 Å². The van der Waals surface area contributed by atoms with Crippen LogP contribution in [0.15, 0.2) is 0 Å². The third-order valence-electron chi connectivity index (χ3n) is 2.62. The van der Waals surface area contributed by atoms with Gasteiger partial charge in [0.2, 0.25) is 5.91 Å². The average Bonchev–Trinajstić information content (AvgIpc) is 2.55. The van der Waals surface area contributed by atoms with E-state index in [0.29, 0.717) is 5.92 Å². The zero-order valence-corrected chi connectivity index (χ0v) is 8.95. The molecule has 0 aromatic rings. The first kappa shape index (κ1) is 11.5. The molecule has 1 rings (SSSR count). The van der Waals surface area contributed by atoms with Gasteiger partial charge in [0, 0.05) is 13.2 Å². The number of primary amides is 1. The van der Waals surface area contributed by atoms with Crippen LogP contribution in [0.1, 0.15) is 20.3 Å². The Balaban J connectivity index is 2.28. The minimum Gasteiger partial charge on any atom is -0.381 e. The van der Waals surface area contributed by atoms with Crippen molar-refractivity contribution in [1.29, 1.82) is 0 Å². The van der Waals surface area contributed by atoms with Crippen LogP contribution < -0.4 is 11.1 Å². The van der Waals surface area contributed by atoms with Crippen LogP contribution in [0, 0.1) is 11.8 Å². The molecule has 1 amide bonds. The van der Waals surface area contributed by atoms with Crippen molar-refractivity contribution in [3.63, 3.8) is 0 Å². The van der Waals surface area contributed by atoms with E-state index in [9.17, 15) is 4.79 Å². The van der Waals surface area contributed by atoms with Crippen molar-refractivity contribution in [3.05, 3.63) is 0 Å². The SMILES string of the molecule is CC(C)C(NCC1CCOC1)C(N)=O. The van der Waals surface area contributed by atoms with Crippen molar-refractivity contribution in [3.8, 4) is 0 Å². The lowest BCUT2D eigenvalue weighted by Gasteiger charge is -2.20. The predicted octanol–water partition coefficient (Wildman–Crippen LogP) is 0.122. The van der Waals surface area contributed by atoms with Gasteiger partial charge in [0.1, 0.15) is 0 Å². The normalized spacial score (nSPS) is 24.1. The Morgan fingerprint density at radius 1 is 1.64 bits per heavy atom. The van der Waals surface area contributed by atoms with E-state index >= 15 is 0 Å². The molecule has 1 saturated heterocycles. The zero-order valence-electron chi connectivity index (χ0n) is 8.95. The first-order chi connectivity index (χ1) is 6.61. The van der Waals surface area contributed by atoms with E-state index in [0.717, 1.165) is 26.2 Å². The summed E-state index contributed by atoms with van der Waals surface area (Å²) in [5.74, 6) is 0.518. The van der Waals surface area contributed by atoms with Crippen molar-refractivity contribution in [2.24, 2.45) is 17.6 Å². The molecule has 0 bridgehead atoms. The van der Waals surface area contributed by atoms with E-state index < -0.39 is 0 Å². The van der Waals surface area contributed by atoms with Gasteiger partial charge >= 0.3 is 0 Å². The van der Waals surface area contributed by atoms with Gasteiger partial charge in [0.05, 0.1) is 12.6 Å². The lowest BCUT2D eigenvalue weighted by Crippen LogP contribution is -2.46. The van der Waals surface area contributed by atoms with E-state index in [1.165, 1.54) is 0 Å². The molecule has 1 fully saturated rings. The molecule has 0 aromatic carbocycles. The lowest BCUT2D eigenvalue weighted by molar-refractivity contribution is -0.121. The molecule has 4 heteroatoms. The molecular formula is C10H20N2O2. The maximum absolute atomic E-state index is 11.1. The van der Waals surface area contributed by atoms with E-state index in [4.69, 9.17) is 10.5 Å². The Morgan fingerprint density at radius 3 is 2.79 bits per heavy atom. The summed E-state index contributed by atoms with van der Waals surface area (Å²) in [5.41, 5.74) is 5.29. The molecule has 0 spiro atoms. The molecule has 82 valence electrons. The number of rotatable bonds is 5. The highest BCUT2D eigenvalue weighted by atomic mass is 16.5. The van der Waals surface area contributed by atoms with Crippen LogP contribution in [0.2, 0.25) is 0 Å². The van der Waals surface area contributed by atoms with Gasteiger partial charge in [-0.05, 0) is 18.3 Å². The Kier molecular flexibility index (Phi) is 4.35. The summed E-state index contributed by atoms with van der Waals surface area (Å²) < 4.78 is 5.25. The number of nitrogens with two attached hydrogens (primary N) is 1. The molecular weight excluding hydrogens is 180 g/mol. The number of hydrogen-bond acceptors (Lipinski definition) is 3. The quantitative estimate of drug-likeness (QED) is 0.662. The van der Waals surface area contributed by atoms with Gasteiger partial charge in [-0.3, -0.25) is 4.79 Å². The van der Waals surface area contributed by atoms with E-state index in [-0.39, 0.29) is 17.9 Å². The number of nitrogens with one attached hydrogen (secondary N) is 1. The summed E-state index contributed by atoms with van der Waals surface area (Å²) in [6.07, 6.45) is 1.08. The van der Waals surface area contributed by atoms with Crippen LogP contribution in [0.5, 0.6) is 0 Å². The van der Waals surface area contributed by atoms with Crippen molar-refractivity contribution in [2.75, 3.05) is 19.8 Å². The van der Waals surface area contributed by atoms with Crippen molar-refractivity contribution >= 4 is 5.91 Å². The van der Waals surface area contributed by atoms with Crippen molar-refractivity contribution < 1.29 is 9.53 Å². The molecule has 0 radical (unpaired) electrons. The highest BCUT2D eigenvalue weighted by molar-refractivity contribution is 5.80. The fraction of sp³-hybridized carbons (Fsp3) is 0.900. The van der Waals surface area contributed by atoms with Gasteiger partial charge < -0.3 is 15.8 Å². The third kappa shape index (κ3) is 3.27. The first-order valence-electron chi connectivity index (χ1n) is 5.21. The summed E-state index contributed by atoms with van der Waals surface area (Å²) >= 11 is 0. The highest BCUT2D eigenvalue weighted by Gasteiger charge is 2.22. The van der Waals surface area contributed by atoms with Gasteiger partial charge in [0.15, 0.2) is 0 Å². The van der Waals surface area contributed by atoms with Crippen molar-refractivity contribution in [1.82, 2.24) is 5.32 Å². The summed E-state index contributed by atoms with van der Waals surface area (Å²) in [5, 5.41) is 3.21. The van der Waals surface area contributed by atoms with E-state index in [1.807, 2.05) is 13.8 Å². The van der Waals surface area contributed by atoms with Gasteiger partial charge in [-0.1, -0.05) is 13.8 Å². The number of hydrogen-bond donors (Lipinski definition) is 2. The van der Waals surface area contributed by atoms with Gasteiger partial charge in [-0.15, -0.1) is 0 Å². The number of ether oxygens (including phenoxy) is 1. The largest absolute Gasteiger partial charge is 0.381 e. The van der Waals surface area contributed by atoms with Crippen LogP contribution in [0.3, 0.4) is 0 Å². The maximum atomic E-state index is 11.1. The molecule has 3 N–H and O–H groups in total. The molecule has 0 saturated carbocycles.